The topological polar surface area (TPSA) is 91.2 Å². The Balaban J connectivity index is 1.97. The van der Waals surface area contributed by atoms with Crippen molar-refractivity contribution in [2.24, 2.45) is 5.10 Å². The fraction of sp³-hybridized carbons (Fsp3) is 0.125. The molecule has 7 heteroatoms. The van der Waals surface area contributed by atoms with Crippen LogP contribution in [0.2, 0.25) is 5.02 Å². The van der Waals surface area contributed by atoms with Crippen LogP contribution in [0.1, 0.15) is 11.1 Å². The van der Waals surface area contributed by atoms with Gasteiger partial charge in [-0.05, 0) is 47.5 Å². The molecule has 2 aromatic rings. The van der Waals surface area contributed by atoms with Crippen molar-refractivity contribution in [1.82, 2.24) is 5.43 Å². The summed E-state index contributed by atoms with van der Waals surface area (Å²) in [5.74, 6) is -0.220. The number of phenolic OH excluding ortho intramolecular Hbond substituents is 2. The predicted octanol–water partition coefficient (Wildman–Crippen LogP) is 2.45. The molecule has 0 heterocycles. The molecule has 0 saturated carbocycles. The largest absolute Gasteiger partial charge is 0.504 e. The molecule has 0 spiro atoms. The summed E-state index contributed by atoms with van der Waals surface area (Å²) in [6.07, 6.45) is 1.40. The van der Waals surface area contributed by atoms with Crippen molar-refractivity contribution in [2.75, 3.05) is 7.11 Å². The Morgan fingerprint density at radius 1 is 1.26 bits per heavy atom. The van der Waals surface area contributed by atoms with Crippen LogP contribution in [0.25, 0.3) is 0 Å². The van der Waals surface area contributed by atoms with Crippen molar-refractivity contribution in [2.45, 2.75) is 6.42 Å². The number of carbonyl (C=O) groups is 1. The first kappa shape index (κ1) is 16.6. The Hall–Kier alpha value is -2.73. The molecular formula is C16H15ClN2O4. The average molecular weight is 335 g/mol. The van der Waals surface area contributed by atoms with E-state index in [-0.39, 0.29) is 23.8 Å². The highest BCUT2D eigenvalue weighted by Gasteiger charge is 2.08. The number of nitrogens with zero attached hydrogens (tertiary/aromatic N) is 1. The predicted molar refractivity (Wildman–Crippen MR) is 87.2 cm³/mol. The summed E-state index contributed by atoms with van der Waals surface area (Å²) < 4.78 is 5.09. The number of ether oxygens (including phenoxy) is 1. The quantitative estimate of drug-likeness (QED) is 0.445. The molecule has 0 unspecified atom stereocenters. The maximum absolute atomic E-state index is 11.9. The molecule has 1 amide bonds. The van der Waals surface area contributed by atoms with Gasteiger partial charge in [0.05, 0.1) is 19.7 Å². The number of nitrogens with one attached hydrogen (secondary N) is 1. The van der Waals surface area contributed by atoms with Crippen LogP contribution in [0.4, 0.5) is 0 Å². The lowest BCUT2D eigenvalue weighted by Gasteiger charge is -2.06. The molecule has 0 atom stereocenters. The molecule has 2 rings (SSSR count). The SMILES string of the molecule is COc1ccc(Cl)c(CC(=O)N/N=C/c2ccc(O)c(O)c2)c1. The van der Waals surface area contributed by atoms with Gasteiger partial charge in [-0.15, -0.1) is 0 Å². The van der Waals surface area contributed by atoms with Gasteiger partial charge in [0, 0.05) is 5.02 Å². The van der Waals surface area contributed by atoms with Gasteiger partial charge < -0.3 is 14.9 Å². The second kappa shape index (κ2) is 7.51. The molecule has 3 N–H and O–H groups in total. The summed E-state index contributed by atoms with van der Waals surface area (Å²) in [4.78, 5) is 11.9. The third-order valence-electron chi connectivity index (χ3n) is 3.01. The first-order valence-electron chi connectivity index (χ1n) is 6.66. The van der Waals surface area contributed by atoms with E-state index < -0.39 is 0 Å². The van der Waals surface area contributed by atoms with Crippen LogP contribution >= 0.6 is 11.6 Å². The van der Waals surface area contributed by atoms with Crippen LogP contribution in [0, 0.1) is 0 Å². The van der Waals surface area contributed by atoms with E-state index in [0.717, 1.165) is 0 Å². The van der Waals surface area contributed by atoms with E-state index in [2.05, 4.69) is 10.5 Å². The van der Waals surface area contributed by atoms with Gasteiger partial charge in [0.1, 0.15) is 5.75 Å². The number of methoxy groups -OCH3 is 1. The fourth-order valence-corrected chi connectivity index (χ4v) is 2.01. The maximum atomic E-state index is 11.9. The number of benzene rings is 2. The molecule has 0 saturated heterocycles. The minimum absolute atomic E-state index is 0.0498. The zero-order valence-electron chi connectivity index (χ0n) is 12.3. The first-order valence-corrected chi connectivity index (χ1v) is 7.03. The molecule has 0 bridgehead atoms. The third kappa shape index (κ3) is 4.62. The number of hydrazone groups is 1. The smallest absolute Gasteiger partial charge is 0.244 e. The number of aromatic hydroxyl groups is 2. The fourth-order valence-electron chi connectivity index (χ4n) is 1.83. The number of hydrogen-bond donors (Lipinski definition) is 3. The molecule has 0 radical (unpaired) electrons. The van der Waals surface area contributed by atoms with Crippen LogP contribution in [0.15, 0.2) is 41.5 Å². The molecule has 0 aromatic heterocycles. The van der Waals surface area contributed by atoms with Crippen LogP contribution in [0.3, 0.4) is 0 Å². The minimum Gasteiger partial charge on any atom is -0.504 e. The molecule has 0 aliphatic heterocycles. The summed E-state index contributed by atoms with van der Waals surface area (Å²) in [5.41, 5.74) is 3.52. The second-order valence-electron chi connectivity index (χ2n) is 4.68. The Bertz CT molecular complexity index is 747. The van der Waals surface area contributed by atoms with Gasteiger partial charge in [-0.25, -0.2) is 5.43 Å². The van der Waals surface area contributed by atoms with Gasteiger partial charge in [0.2, 0.25) is 5.91 Å². The van der Waals surface area contributed by atoms with Crippen molar-refractivity contribution in [3.8, 4) is 17.2 Å². The maximum Gasteiger partial charge on any atom is 0.244 e. The normalized spacial score (nSPS) is 10.7. The van der Waals surface area contributed by atoms with E-state index in [1.165, 1.54) is 25.5 Å². The van der Waals surface area contributed by atoms with Crippen LogP contribution < -0.4 is 10.2 Å². The van der Waals surface area contributed by atoms with Crippen molar-refractivity contribution in [3.05, 3.63) is 52.5 Å². The van der Waals surface area contributed by atoms with Gasteiger partial charge in [-0.2, -0.15) is 5.10 Å². The van der Waals surface area contributed by atoms with Crippen LogP contribution in [-0.2, 0) is 11.2 Å². The zero-order valence-corrected chi connectivity index (χ0v) is 13.0. The van der Waals surface area contributed by atoms with Crippen LogP contribution in [0.5, 0.6) is 17.2 Å². The molecule has 0 fully saturated rings. The summed E-state index contributed by atoms with van der Waals surface area (Å²) in [6, 6.07) is 9.25. The molecule has 0 aliphatic carbocycles. The highest BCUT2D eigenvalue weighted by atomic mass is 35.5. The molecular weight excluding hydrogens is 320 g/mol. The van der Waals surface area contributed by atoms with Gasteiger partial charge in [-0.1, -0.05) is 11.6 Å². The Labute approximate surface area is 138 Å². The number of phenols is 2. The summed E-state index contributed by atoms with van der Waals surface area (Å²) in [7, 11) is 1.53. The second-order valence-corrected chi connectivity index (χ2v) is 5.08. The summed E-state index contributed by atoms with van der Waals surface area (Å²) in [5, 5.41) is 22.8. The van der Waals surface area contributed by atoms with Gasteiger partial charge >= 0.3 is 0 Å². The third-order valence-corrected chi connectivity index (χ3v) is 3.37. The van der Waals surface area contributed by atoms with Crippen LogP contribution in [-0.4, -0.2) is 29.4 Å². The monoisotopic (exact) mass is 334 g/mol. The Morgan fingerprint density at radius 3 is 2.74 bits per heavy atom. The molecule has 120 valence electrons. The highest BCUT2D eigenvalue weighted by molar-refractivity contribution is 6.31. The number of carbonyl (C=O) groups excluding carboxylic acids is 1. The number of amides is 1. The van der Waals surface area contributed by atoms with E-state index in [4.69, 9.17) is 16.3 Å². The van der Waals surface area contributed by atoms with Crippen molar-refractivity contribution >= 4 is 23.7 Å². The lowest BCUT2D eigenvalue weighted by molar-refractivity contribution is -0.120. The van der Waals surface area contributed by atoms with Crippen molar-refractivity contribution in [1.29, 1.82) is 0 Å². The van der Waals surface area contributed by atoms with Gasteiger partial charge in [-0.3, -0.25) is 4.79 Å². The van der Waals surface area contributed by atoms with E-state index in [9.17, 15) is 15.0 Å². The number of hydrogen-bond acceptors (Lipinski definition) is 5. The Morgan fingerprint density at radius 2 is 2.04 bits per heavy atom. The molecule has 2 aromatic carbocycles. The first-order chi connectivity index (χ1) is 11.0. The number of rotatable bonds is 5. The molecule has 23 heavy (non-hydrogen) atoms. The lowest BCUT2D eigenvalue weighted by atomic mass is 10.1. The average Bonchev–Trinajstić information content (AvgIpc) is 2.53. The Kier molecular flexibility index (Phi) is 5.43. The lowest BCUT2D eigenvalue weighted by Crippen LogP contribution is -2.20. The summed E-state index contributed by atoms with van der Waals surface area (Å²) >= 11 is 6.03. The molecule has 0 aliphatic rings. The standard InChI is InChI=1S/C16H15ClN2O4/c1-23-12-3-4-13(17)11(7-12)8-16(22)19-18-9-10-2-5-14(20)15(21)6-10/h2-7,9,20-21H,8H2,1H3,(H,19,22)/b18-9+. The van der Waals surface area contributed by atoms with Gasteiger partial charge in [0.25, 0.3) is 0 Å². The van der Waals surface area contributed by atoms with E-state index in [1.807, 2.05) is 0 Å². The van der Waals surface area contributed by atoms with Gasteiger partial charge in [0.15, 0.2) is 11.5 Å². The van der Waals surface area contributed by atoms with E-state index in [0.29, 0.717) is 21.9 Å². The summed E-state index contributed by atoms with van der Waals surface area (Å²) in [6.45, 7) is 0. The van der Waals surface area contributed by atoms with Crippen molar-refractivity contribution < 1.29 is 19.7 Å². The highest BCUT2D eigenvalue weighted by Crippen LogP contribution is 2.24. The van der Waals surface area contributed by atoms with Crippen molar-refractivity contribution in [3.63, 3.8) is 0 Å². The number of halogens is 1. The molecule has 6 nitrogen and oxygen atoms in total. The minimum atomic E-state index is -0.348. The van der Waals surface area contributed by atoms with E-state index >= 15 is 0 Å². The zero-order chi connectivity index (χ0) is 16.8. The van der Waals surface area contributed by atoms with E-state index in [1.54, 1.807) is 24.3 Å².